The zero-order chi connectivity index (χ0) is 14.7. The molecule has 1 heterocycles. The maximum absolute atomic E-state index is 12.2. The molecule has 2 rings (SSSR count). The predicted molar refractivity (Wildman–Crippen MR) is 82.4 cm³/mol. The molecule has 0 spiro atoms. The Balaban J connectivity index is 2.25. The topological polar surface area (TPSA) is 32.3 Å². The molecule has 1 atom stereocenters. The fourth-order valence-corrected chi connectivity index (χ4v) is 2.90. The molecule has 1 aliphatic rings. The molecule has 0 radical (unpaired) electrons. The zero-order valence-corrected chi connectivity index (χ0v) is 13.1. The largest absolute Gasteiger partial charge is 0.322 e. The molecular weight excluding hydrogens is 248 g/mol. The number of carbonyl (C=O) groups excluding carboxylic acids is 1. The smallest absolute Gasteiger partial charge is 0.238 e. The Labute approximate surface area is 122 Å². The lowest BCUT2D eigenvalue weighted by atomic mass is 10.00. The lowest BCUT2D eigenvalue weighted by Crippen LogP contribution is -2.35. The highest BCUT2D eigenvalue weighted by Crippen LogP contribution is 2.28. The minimum Gasteiger partial charge on any atom is -0.322 e. The molecule has 110 valence electrons. The number of hydrogen-bond acceptors (Lipinski definition) is 2. The molecule has 0 aliphatic carbocycles. The standard InChI is InChI=1S/C17H26N2O/c1-5-14(6-2)11-19-16(20)10-18-17(19)15-9-12(3)7-8-13(15)4/h7-9,14,17-18H,5-6,10-11H2,1-4H3. The van der Waals surface area contributed by atoms with E-state index in [1.807, 2.05) is 4.90 Å². The van der Waals surface area contributed by atoms with Crippen molar-refractivity contribution in [2.24, 2.45) is 5.92 Å². The number of carbonyl (C=O) groups is 1. The van der Waals surface area contributed by atoms with Crippen molar-refractivity contribution in [1.29, 1.82) is 0 Å². The van der Waals surface area contributed by atoms with Crippen molar-refractivity contribution in [3.63, 3.8) is 0 Å². The second-order valence-corrected chi connectivity index (χ2v) is 5.87. The summed E-state index contributed by atoms with van der Waals surface area (Å²) < 4.78 is 0. The van der Waals surface area contributed by atoms with Crippen molar-refractivity contribution in [1.82, 2.24) is 10.2 Å². The van der Waals surface area contributed by atoms with Gasteiger partial charge in [-0.15, -0.1) is 0 Å². The molecule has 1 fully saturated rings. The molecular formula is C17H26N2O. The summed E-state index contributed by atoms with van der Waals surface area (Å²) in [4.78, 5) is 14.2. The first kappa shape index (κ1) is 15.0. The van der Waals surface area contributed by atoms with Crippen molar-refractivity contribution in [3.05, 3.63) is 34.9 Å². The van der Waals surface area contributed by atoms with Gasteiger partial charge in [-0.05, 0) is 30.9 Å². The predicted octanol–water partition coefficient (Wildman–Crippen LogP) is 3.17. The molecule has 3 heteroatoms. The molecule has 1 saturated heterocycles. The third-order valence-electron chi connectivity index (χ3n) is 4.42. The first-order chi connectivity index (χ1) is 9.56. The monoisotopic (exact) mass is 274 g/mol. The molecule has 1 aromatic rings. The van der Waals surface area contributed by atoms with Gasteiger partial charge in [-0.2, -0.15) is 0 Å². The Morgan fingerprint density at radius 3 is 2.65 bits per heavy atom. The van der Waals surface area contributed by atoms with E-state index in [0.29, 0.717) is 12.5 Å². The highest BCUT2D eigenvalue weighted by atomic mass is 16.2. The summed E-state index contributed by atoms with van der Waals surface area (Å²) in [7, 11) is 0. The molecule has 1 aromatic carbocycles. The average Bonchev–Trinajstić information content (AvgIpc) is 2.80. The van der Waals surface area contributed by atoms with Crippen molar-refractivity contribution in [2.45, 2.75) is 46.7 Å². The van der Waals surface area contributed by atoms with Crippen LogP contribution in [0.5, 0.6) is 0 Å². The minimum absolute atomic E-state index is 0.0444. The quantitative estimate of drug-likeness (QED) is 0.894. The van der Waals surface area contributed by atoms with E-state index in [0.717, 1.165) is 19.4 Å². The third kappa shape index (κ3) is 3.04. The number of rotatable bonds is 5. The normalized spacial score (nSPS) is 19.1. The second-order valence-electron chi connectivity index (χ2n) is 5.87. The first-order valence-corrected chi connectivity index (χ1v) is 7.66. The van der Waals surface area contributed by atoms with Crippen LogP contribution < -0.4 is 5.32 Å². The van der Waals surface area contributed by atoms with E-state index in [1.54, 1.807) is 0 Å². The van der Waals surface area contributed by atoms with Gasteiger partial charge in [-0.1, -0.05) is 50.5 Å². The molecule has 1 amide bonds. The van der Waals surface area contributed by atoms with Crippen molar-refractivity contribution in [2.75, 3.05) is 13.1 Å². The molecule has 1 aliphatic heterocycles. The summed E-state index contributed by atoms with van der Waals surface area (Å²) in [6, 6.07) is 6.47. The Morgan fingerprint density at radius 2 is 2.00 bits per heavy atom. The number of nitrogens with zero attached hydrogens (tertiary/aromatic N) is 1. The molecule has 3 nitrogen and oxygen atoms in total. The summed E-state index contributed by atoms with van der Waals surface area (Å²) in [5.74, 6) is 0.814. The van der Waals surface area contributed by atoms with Crippen LogP contribution in [0.25, 0.3) is 0 Å². The molecule has 20 heavy (non-hydrogen) atoms. The SMILES string of the molecule is CCC(CC)CN1C(=O)CNC1c1cc(C)ccc1C. The Bertz CT molecular complexity index is 480. The van der Waals surface area contributed by atoms with Crippen molar-refractivity contribution >= 4 is 5.91 Å². The van der Waals surface area contributed by atoms with Crippen LogP contribution in [0.3, 0.4) is 0 Å². The van der Waals surface area contributed by atoms with E-state index >= 15 is 0 Å². The number of amides is 1. The van der Waals surface area contributed by atoms with Crippen molar-refractivity contribution < 1.29 is 4.79 Å². The summed E-state index contributed by atoms with van der Waals surface area (Å²) in [6.07, 6.45) is 2.29. The molecule has 0 saturated carbocycles. The van der Waals surface area contributed by atoms with Crippen LogP contribution in [0.1, 0.15) is 49.5 Å². The summed E-state index contributed by atoms with van der Waals surface area (Å²) in [5, 5.41) is 3.37. The molecule has 0 aromatic heterocycles. The second kappa shape index (κ2) is 6.40. The van der Waals surface area contributed by atoms with E-state index < -0.39 is 0 Å². The van der Waals surface area contributed by atoms with Gasteiger partial charge in [0.25, 0.3) is 0 Å². The van der Waals surface area contributed by atoms with Crippen LogP contribution in [0, 0.1) is 19.8 Å². The molecule has 1 N–H and O–H groups in total. The van der Waals surface area contributed by atoms with Crippen molar-refractivity contribution in [3.8, 4) is 0 Å². The number of hydrogen-bond donors (Lipinski definition) is 1. The number of nitrogens with one attached hydrogen (secondary N) is 1. The Kier molecular flexibility index (Phi) is 4.81. The minimum atomic E-state index is 0.0444. The van der Waals surface area contributed by atoms with Crippen LogP contribution in [0.2, 0.25) is 0 Å². The number of benzene rings is 1. The van der Waals surface area contributed by atoms with Gasteiger partial charge in [-0.25, -0.2) is 0 Å². The lowest BCUT2D eigenvalue weighted by Gasteiger charge is -2.29. The zero-order valence-electron chi connectivity index (χ0n) is 13.1. The van der Waals surface area contributed by atoms with Gasteiger partial charge in [0.05, 0.1) is 6.54 Å². The van der Waals surface area contributed by atoms with Crippen LogP contribution in [0.15, 0.2) is 18.2 Å². The highest BCUT2D eigenvalue weighted by Gasteiger charge is 2.33. The Hall–Kier alpha value is -1.35. The Morgan fingerprint density at radius 1 is 1.30 bits per heavy atom. The third-order valence-corrected chi connectivity index (χ3v) is 4.42. The average molecular weight is 274 g/mol. The van der Waals surface area contributed by atoms with Gasteiger partial charge in [0.2, 0.25) is 5.91 Å². The van der Waals surface area contributed by atoms with Crippen LogP contribution >= 0.6 is 0 Å². The van der Waals surface area contributed by atoms with Gasteiger partial charge in [0.15, 0.2) is 0 Å². The maximum Gasteiger partial charge on any atom is 0.238 e. The molecule has 1 unspecified atom stereocenters. The van der Waals surface area contributed by atoms with E-state index in [4.69, 9.17) is 0 Å². The van der Waals surface area contributed by atoms with Crippen LogP contribution in [0.4, 0.5) is 0 Å². The fourth-order valence-electron chi connectivity index (χ4n) is 2.90. The van der Waals surface area contributed by atoms with Gasteiger partial charge in [-0.3, -0.25) is 10.1 Å². The van der Waals surface area contributed by atoms with Crippen LogP contribution in [-0.4, -0.2) is 23.9 Å². The van der Waals surface area contributed by atoms with Gasteiger partial charge in [0.1, 0.15) is 6.17 Å². The van der Waals surface area contributed by atoms with E-state index in [2.05, 4.69) is 51.2 Å². The van der Waals surface area contributed by atoms with E-state index in [-0.39, 0.29) is 12.1 Å². The van der Waals surface area contributed by atoms with Gasteiger partial charge >= 0.3 is 0 Å². The fraction of sp³-hybridized carbons (Fsp3) is 0.588. The lowest BCUT2D eigenvalue weighted by molar-refractivity contribution is -0.128. The first-order valence-electron chi connectivity index (χ1n) is 7.66. The van der Waals surface area contributed by atoms with Gasteiger partial charge in [0, 0.05) is 6.54 Å². The summed E-state index contributed by atoms with van der Waals surface area (Å²) >= 11 is 0. The van der Waals surface area contributed by atoms with E-state index in [1.165, 1.54) is 16.7 Å². The number of aryl methyl sites for hydroxylation is 2. The molecule has 0 bridgehead atoms. The van der Waals surface area contributed by atoms with Crippen LogP contribution in [-0.2, 0) is 4.79 Å². The van der Waals surface area contributed by atoms with E-state index in [9.17, 15) is 4.79 Å². The maximum atomic E-state index is 12.2. The summed E-state index contributed by atoms with van der Waals surface area (Å²) in [5.41, 5.74) is 3.73. The summed E-state index contributed by atoms with van der Waals surface area (Å²) in [6.45, 7) is 9.94. The highest BCUT2D eigenvalue weighted by molar-refractivity contribution is 5.81. The van der Waals surface area contributed by atoms with Gasteiger partial charge < -0.3 is 4.90 Å².